The number of phenols is 3. The Balaban J connectivity index is 1.15. The number of imide groups is 1. The van der Waals surface area contributed by atoms with Crippen molar-refractivity contribution in [2.75, 3.05) is 31.5 Å². The number of carboxylic acid groups (broad SMARTS) is 1. The first-order valence-electron chi connectivity index (χ1n) is 16.6. The monoisotopic (exact) mass is 790 g/mol. The summed E-state index contributed by atoms with van der Waals surface area (Å²) < 4.78 is 48.3. The Labute approximate surface area is 314 Å². The van der Waals surface area contributed by atoms with Gasteiger partial charge in [-0.1, -0.05) is 23.7 Å². The predicted molar refractivity (Wildman–Crippen MR) is 184 cm³/mol. The number of carboxylic acids is 1. The summed E-state index contributed by atoms with van der Waals surface area (Å²) in [6.07, 6.45) is 0.248. The van der Waals surface area contributed by atoms with Crippen LogP contribution in [0, 0.1) is 17.5 Å². The molecule has 2 atom stereocenters. The summed E-state index contributed by atoms with van der Waals surface area (Å²) in [6.45, 7) is 0.177. The van der Waals surface area contributed by atoms with Gasteiger partial charge in [0, 0.05) is 37.8 Å². The van der Waals surface area contributed by atoms with Crippen molar-refractivity contribution in [3.63, 3.8) is 0 Å². The SMILES string of the molecule is O=C(O)c1c(F)ccc2c1OB(O)C(NC(=O)C(NC(=O)N1CCN(C3CCN(C(=O)Nc4cccc(O)c4F)CC3)C1=O)c1cc(F)c(O)c(O)c1Cl)C2. The van der Waals surface area contributed by atoms with Gasteiger partial charge in [0.2, 0.25) is 5.91 Å². The molecule has 6 rings (SSSR count). The predicted octanol–water partition coefficient (Wildman–Crippen LogP) is 2.90. The topological polar surface area (TPSA) is 242 Å². The van der Waals surface area contributed by atoms with E-state index < -0.39 is 112 Å². The van der Waals surface area contributed by atoms with Gasteiger partial charge in [-0.2, -0.15) is 0 Å². The van der Waals surface area contributed by atoms with Gasteiger partial charge < -0.3 is 55.9 Å². The Kier molecular flexibility index (Phi) is 10.8. The summed E-state index contributed by atoms with van der Waals surface area (Å²) in [6, 6.07) is 1.35. The van der Waals surface area contributed by atoms with Gasteiger partial charge in [0.15, 0.2) is 28.9 Å². The lowest BCUT2D eigenvalue weighted by atomic mass is 9.72. The maximum absolute atomic E-state index is 14.7. The van der Waals surface area contributed by atoms with Gasteiger partial charge in [0.25, 0.3) is 0 Å². The van der Waals surface area contributed by atoms with Crippen molar-refractivity contribution >= 4 is 54.4 Å². The number of hydrogen-bond acceptors (Lipinski definition) is 10. The third kappa shape index (κ3) is 7.52. The van der Waals surface area contributed by atoms with Crippen molar-refractivity contribution in [2.24, 2.45) is 0 Å². The van der Waals surface area contributed by atoms with Crippen LogP contribution in [0.5, 0.6) is 23.0 Å². The lowest BCUT2D eigenvalue weighted by Crippen LogP contribution is -2.56. The van der Waals surface area contributed by atoms with Gasteiger partial charge in [0.05, 0.1) is 16.7 Å². The second-order valence-electron chi connectivity index (χ2n) is 12.8. The molecule has 290 valence electrons. The molecule has 8 N–H and O–H groups in total. The van der Waals surface area contributed by atoms with E-state index in [9.17, 15) is 62.6 Å². The number of rotatable bonds is 7. The second kappa shape index (κ2) is 15.3. The average molecular weight is 791 g/mol. The standard InChI is InChI=1S/C33H31BClF3N6O11/c35-23-16(13-18(37)26(46)27(23)47)25(29(48)40-21-12-14-4-5-17(36)22(30(49)50)28(14)55-34(21)54)41-32(52)44-11-10-43(33(44)53)15-6-8-42(9-7-15)31(51)39-19-2-1-3-20(45)24(19)38/h1-5,13,15,21,25,45-47,54H,6-12H2,(H,39,51)(H,40,48)(H,41,52)(H,49,50). The number of piperidine rings is 1. The average Bonchev–Trinajstić information content (AvgIpc) is 3.54. The number of halogens is 4. The molecule has 2 fully saturated rings. The summed E-state index contributed by atoms with van der Waals surface area (Å²) in [5.74, 6) is -11.3. The summed E-state index contributed by atoms with van der Waals surface area (Å²) in [7, 11) is -1.95. The molecule has 3 aromatic carbocycles. The molecule has 0 aliphatic carbocycles. The van der Waals surface area contributed by atoms with Gasteiger partial charge in [0.1, 0.15) is 23.2 Å². The molecule has 3 aromatic rings. The minimum atomic E-state index is -1.99. The van der Waals surface area contributed by atoms with Crippen molar-refractivity contribution in [3.05, 3.63) is 75.6 Å². The Morgan fingerprint density at radius 2 is 1.65 bits per heavy atom. The number of amides is 7. The normalized spacial score (nSPS) is 17.7. The maximum Gasteiger partial charge on any atom is 0.547 e. The van der Waals surface area contributed by atoms with Crippen LogP contribution in [0.1, 0.15) is 40.4 Å². The van der Waals surface area contributed by atoms with Crippen LogP contribution in [0.2, 0.25) is 5.02 Å². The van der Waals surface area contributed by atoms with E-state index in [1.54, 1.807) is 0 Å². The fourth-order valence-electron chi connectivity index (χ4n) is 6.62. The first kappa shape index (κ1) is 38.6. The molecule has 0 aromatic heterocycles. The van der Waals surface area contributed by atoms with E-state index in [-0.39, 0.29) is 56.7 Å². The number of aromatic carboxylic acids is 1. The molecule has 0 bridgehead atoms. The van der Waals surface area contributed by atoms with Gasteiger partial charge in [-0.3, -0.25) is 4.79 Å². The molecule has 0 spiro atoms. The van der Waals surface area contributed by atoms with Crippen LogP contribution in [0.15, 0.2) is 36.4 Å². The Morgan fingerprint density at radius 1 is 0.945 bits per heavy atom. The van der Waals surface area contributed by atoms with Crippen molar-refractivity contribution in [1.82, 2.24) is 25.3 Å². The minimum Gasteiger partial charge on any atom is -0.534 e. The fraction of sp³-hybridized carbons (Fsp3) is 0.303. The molecule has 17 nitrogen and oxygen atoms in total. The number of urea groups is 3. The highest BCUT2D eigenvalue weighted by atomic mass is 35.5. The summed E-state index contributed by atoms with van der Waals surface area (Å²) >= 11 is 6.18. The highest BCUT2D eigenvalue weighted by molar-refractivity contribution is 6.47. The van der Waals surface area contributed by atoms with Crippen LogP contribution in [0.3, 0.4) is 0 Å². The molecule has 55 heavy (non-hydrogen) atoms. The largest absolute Gasteiger partial charge is 0.547 e. The lowest BCUT2D eigenvalue weighted by molar-refractivity contribution is -0.123. The first-order chi connectivity index (χ1) is 26.1. The minimum absolute atomic E-state index is 0.0494. The molecule has 22 heteroatoms. The van der Waals surface area contributed by atoms with Crippen LogP contribution in [-0.4, -0.2) is 115 Å². The zero-order valence-corrected chi connectivity index (χ0v) is 29.0. The highest BCUT2D eigenvalue weighted by Crippen LogP contribution is 2.41. The number of likely N-dealkylation sites (tertiary alicyclic amines) is 1. The van der Waals surface area contributed by atoms with Crippen LogP contribution < -0.4 is 20.6 Å². The number of phenolic OH excluding ortho intramolecular Hbond substituents is 3. The smallest absolute Gasteiger partial charge is 0.534 e. The molecule has 3 aliphatic rings. The van der Waals surface area contributed by atoms with Crippen LogP contribution >= 0.6 is 11.6 Å². The van der Waals surface area contributed by atoms with Crippen LogP contribution in [0.25, 0.3) is 0 Å². The van der Waals surface area contributed by atoms with E-state index in [4.69, 9.17) is 16.3 Å². The van der Waals surface area contributed by atoms with E-state index in [1.807, 2.05) is 0 Å². The fourth-order valence-corrected chi connectivity index (χ4v) is 6.87. The third-order valence-electron chi connectivity index (χ3n) is 9.49. The molecule has 3 aliphatic heterocycles. The van der Waals surface area contributed by atoms with Gasteiger partial charge in [-0.25, -0.2) is 37.2 Å². The number of aromatic hydroxyl groups is 3. The molecular formula is C33H31BClF3N6O11. The number of anilines is 1. The quantitative estimate of drug-likeness (QED) is 0.128. The zero-order chi connectivity index (χ0) is 39.9. The molecule has 2 unspecified atom stereocenters. The Bertz CT molecular complexity index is 2090. The molecule has 2 saturated heterocycles. The lowest BCUT2D eigenvalue weighted by Gasteiger charge is -2.36. The number of nitrogens with zero attached hydrogens (tertiary/aromatic N) is 3. The van der Waals surface area contributed by atoms with Gasteiger partial charge in [-0.15, -0.1) is 0 Å². The van der Waals surface area contributed by atoms with Crippen LogP contribution in [-0.2, 0) is 11.2 Å². The maximum atomic E-state index is 14.7. The Morgan fingerprint density at radius 3 is 2.35 bits per heavy atom. The first-order valence-corrected chi connectivity index (χ1v) is 17.0. The zero-order valence-electron chi connectivity index (χ0n) is 28.3. The number of carbonyl (C=O) groups excluding carboxylic acids is 4. The molecule has 0 saturated carbocycles. The summed E-state index contributed by atoms with van der Waals surface area (Å²) in [4.78, 5) is 68.8. The van der Waals surface area contributed by atoms with Crippen molar-refractivity contribution in [2.45, 2.75) is 37.3 Å². The van der Waals surface area contributed by atoms with E-state index in [0.29, 0.717) is 6.07 Å². The van der Waals surface area contributed by atoms with Crippen molar-refractivity contribution < 1.29 is 67.2 Å². The highest BCUT2D eigenvalue weighted by Gasteiger charge is 2.43. The number of fused-ring (bicyclic) bond motifs is 1. The molecule has 0 radical (unpaired) electrons. The number of hydrogen-bond donors (Lipinski definition) is 8. The van der Waals surface area contributed by atoms with E-state index in [0.717, 1.165) is 17.0 Å². The number of carbonyl (C=O) groups is 5. The summed E-state index contributed by atoms with van der Waals surface area (Å²) in [5.41, 5.74) is -1.56. The third-order valence-corrected chi connectivity index (χ3v) is 9.88. The van der Waals surface area contributed by atoms with Gasteiger partial charge >= 0.3 is 31.2 Å². The van der Waals surface area contributed by atoms with Crippen molar-refractivity contribution in [3.8, 4) is 23.0 Å². The number of nitrogens with one attached hydrogen (secondary N) is 3. The van der Waals surface area contributed by atoms with E-state index in [1.165, 1.54) is 28.0 Å². The second-order valence-corrected chi connectivity index (χ2v) is 13.2. The summed E-state index contributed by atoms with van der Waals surface area (Å²) in [5, 5.41) is 56.1. The molecule has 3 heterocycles. The van der Waals surface area contributed by atoms with Crippen LogP contribution in [0.4, 0.5) is 33.2 Å². The van der Waals surface area contributed by atoms with Gasteiger partial charge in [-0.05, 0) is 49.1 Å². The Hall–Kier alpha value is -6.09. The molecular weight excluding hydrogens is 760 g/mol. The number of benzene rings is 3. The van der Waals surface area contributed by atoms with Crippen molar-refractivity contribution in [1.29, 1.82) is 0 Å². The molecule has 7 amide bonds. The van der Waals surface area contributed by atoms with E-state index >= 15 is 0 Å². The van der Waals surface area contributed by atoms with E-state index in [2.05, 4.69) is 16.0 Å².